The predicted octanol–water partition coefficient (Wildman–Crippen LogP) is 0.531. The van der Waals surface area contributed by atoms with Gasteiger partial charge in [0.1, 0.15) is 5.69 Å². The molecule has 2 rings (SSSR count). The number of nitrogens with zero attached hydrogens (tertiary/aromatic N) is 5. The first-order valence-corrected chi connectivity index (χ1v) is 7.23. The van der Waals surface area contributed by atoms with E-state index in [1.165, 1.54) is 0 Å². The van der Waals surface area contributed by atoms with Gasteiger partial charge in [0, 0.05) is 39.1 Å². The van der Waals surface area contributed by atoms with Gasteiger partial charge in [-0.25, -0.2) is 4.68 Å². The summed E-state index contributed by atoms with van der Waals surface area (Å²) in [6, 6.07) is 0.0675. The molecule has 118 valence electrons. The van der Waals surface area contributed by atoms with Crippen molar-refractivity contribution >= 4 is 11.5 Å². The molecule has 1 atom stereocenters. The highest BCUT2D eigenvalue weighted by molar-refractivity contribution is 5.63. The van der Waals surface area contributed by atoms with Crippen LogP contribution >= 0.6 is 0 Å². The van der Waals surface area contributed by atoms with Crippen molar-refractivity contribution in [1.82, 2.24) is 14.7 Å². The minimum atomic E-state index is -0.316. The summed E-state index contributed by atoms with van der Waals surface area (Å²) in [5.74, 6) is 0.585. The Morgan fingerprint density at radius 3 is 2.62 bits per heavy atom. The van der Waals surface area contributed by atoms with Gasteiger partial charge >= 0.3 is 5.69 Å². The van der Waals surface area contributed by atoms with Crippen molar-refractivity contribution in [3.8, 4) is 0 Å². The second-order valence-electron chi connectivity index (χ2n) is 5.94. The lowest BCUT2D eigenvalue weighted by atomic mass is 10.1. The Balaban J connectivity index is 2.49. The van der Waals surface area contributed by atoms with Crippen molar-refractivity contribution in [3.05, 3.63) is 15.8 Å². The van der Waals surface area contributed by atoms with Gasteiger partial charge in [0.15, 0.2) is 0 Å². The molecule has 21 heavy (non-hydrogen) atoms. The lowest BCUT2D eigenvalue weighted by Crippen LogP contribution is -2.55. The summed E-state index contributed by atoms with van der Waals surface area (Å²) in [5, 5.41) is 15.9. The molecule has 0 radical (unpaired) electrons. The van der Waals surface area contributed by atoms with E-state index in [1.54, 1.807) is 11.7 Å². The van der Waals surface area contributed by atoms with Gasteiger partial charge in [0.2, 0.25) is 5.82 Å². The quantitative estimate of drug-likeness (QED) is 0.643. The Kier molecular flexibility index (Phi) is 4.48. The molecule has 8 heteroatoms. The van der Waals surface area contributed by atoms with E-state index in [0.29, 0.717) is 18.1 Å². The van der Waals surface area contributed by atoms with Crippen LogP contribution in [0.25, 0.3) is 0 Å². The van der Waals surface area contributed by atoms with Crippen LogP contribution in [0.5, 0.6) is 0 Å². The maximum Gasteiger partial charge on any atom is 0.334 e. The molecule has 1 saturated heterocycles. The molecule has 0 aliphatic carbocycles. The van der Waals surface area contributed by atoms with Crippen molar-refractivity contribution in [3.63, 3.8) is 0 Å². The fourth-order valence-corrected chi connectivity index (χ4v) is 2.90. The number of likely N-dealkylation sites (N-methyl/N-ethyl adjacent to an activating group) is 1. The minimum absolute atomic E-state index is 0.00846. The zero-order valence-electron chi connectivity index (χ0n) is 13.1. The van der Waals surface area contributed by atoms with Crippen LogP contribution in [0.2, 0.25) is 0 Å². The minimum Gasteiger partial charge on any atom is -0.344 e. The summed E-state index contributed by atoms with van der Waals surface area (Å²) in [4.78, 5) is 15.5. The number of hydrogen-bond donors (Lipinski definition) is 1. The fourth-order valence-electron chi connectivity index (χ4n) is 2.90. The molecule has 1 unspecified atom stereocenters. The van der Waals surface area contributed by atoms with Crippen LogP contribution in [0, 0.1) is 10.1 Å². The topological polar surface area (TPSA) is 93.5 Å². The zero-order chi connectivity index (χ0) is 15.7. The molecule has 2 heterocycles. The fraction of sp³-hybridized carbons (Fsp3) is 0.769. The van der Waals surface area contributed by atoms with Crippen LogP contribution in [0.3, 0.4) is 0 Å². The summed E-state index contributed by atoms with van der Waals surface area (Å²) in [5.41, 5.74) is 6.52. The first-order valence-electron chi connectivity index (χ1n) is 7.23. The Morgan fingerprint density at radius 2 is 2.10 bits per heavy atom. The van der Waals surface area contributed by atoms with E-state index in [2.05, 4.69) is 10.00 Å². The highest BCUT2D eigenvalue weighted by Crippen LogP contribution is 2.36. The van der Waals surface area contributed by atoms with E-state index in [-0.39, 0.29) is 22.6 Å². The third-order valence-electron chi connectivity index (χ3n) is 3.98. The largest absolute Gasteiger partial charge is 0.344 e. The Labute approximate surface area is 124 Å². The normalized spacial score (nSPS) is 20.3. The molecule has 1 aromatic heterocycles. The molecule has 0 bridgehead atoms. The van der Waals surface area contributed by atoms with Gasteiger partial charge in [-0.05, 0) is 7.05 Å². The highest BCUT2D eigenvalue weighted by atomic mass is 16.6. The van der Waals surface area contributed by atoms with Crippen LogP contribution < -0.4 is 10.6 Å². The van der Waals surface area contributed by atoms with Gasteiger partial charge in [-0.3, -0.25) is 10.1 Å². The van der Waals surface area contributed by atoms with Gasteiger partial charge in [-0.1, -0.05) is 13.8 Å². The average Bonchev–Trinajstić information content (AvgIpc) is 2.76. The Morgan fingerprint density at radius 1 is 1.43 bits per heavy atom. The smallest absolute Gasteiger partial charge is 0.334 e. The van der Waals surface area contributed by atoms with Crippen molar-refractivity contribution in [2.24, 2.45) is 12.8 Å². The molecule has 0 amide bonds. The summed E-state index contributed by atoms with van der Waals surface area (Å²) >= 11 is 0. The van der Waals surface area contributed by atoms with E-state index >= 15 is 0 Å². The number of aromatic nitrogens is 2. The maximum atomic E-state index is 11.5. The molecular weight excluding hydrogens is 272 g/mol. The lowest BCUT2D eigenvalue weighted by molar-refractivity contribution is -0.385. The third-order valence-corrected chi connectivity index (χ3v) is 3.98. The number of nitro groups is 1. The molecule has 1 aliphatic heterocycles. The predicted molar refractivity (Wildman–Crippen MR) is 81.6 cm³/mol. The number of anilines is 1. The number of aryl methyl sites for hydroxylation is 1. The zero-order valence-corrected chi connectivity index (χ0v) is 13.1. The molecule has 8 nitrogen and oxygen atoms in total. The van der Waals surface area contributed by atoms with Crippen LogP contribution in [-0.4, -0.2) is 58.9 Å². The van der Waals surface area contributed by atoms with Crippen molar-refractivity contribution in [1.29, 1.82) is 0 Å². The van der Waals surface area contributed by atoms with E-state index in [4.69, 9.17) is 5.73 Å². The molecule has 0 aromatic carbocycles. The summed E-state index contributed by atoms with van der Waals surface area (Å²) in [7, 11) is 3.80. The number of rotatable bonds is 4. The molecule has 1 aromatic rings. The van der Waals surface area contributed by atoms with E-state index in [9.17, 15) is 10.1 Å². The van der Waals surface area contributed by atoms with E-state index in [0.717, 1.165) is 19.6 Å². The molecule has 0 spiro atoms. The van der Waals surface area contributed by atoms with Crippen LogP contribution in [0.1, 0.15) is 25.5 Å². The summed E-state index contributed by atoms with van der Waals surface area (Å²) in [6.07, 6.45) is 0. The van der Waals surface area contributed by atoms with Crippen LogP contribution in [0.15, 0.2) is 0 Å². The van der Waals surface area contributed by atoms with Crippen molar-refractivity contribution < 1.29 is 4.92 Å². The highest BCUT2D eigenvalue weighted by Gasteiger charge is 2.36. The SMILES string of the molecule is CC(C)c1nn(C)c(N2CCN(C)CC2CN)c1[N+](=O)[O-]. The molecule has 1 fully saturated rings. The Hall–Kier alpha value is -1.67. The summed E-state index contributed by atoms with van der Waals surface area (Å²) in [6.45, 7) is 6.68. The van der Waals surface area contributed by atoms with Crippen LogP contribution in [-0.2, 0) is 7.05 Å². The number of nitrogens with two attached hydrogens (primary N) is 1. The average molecular weight is 296 g/mol. The number of piperazine rings is 1. The first kappa shape index (κ1) is 15.7. The van der Waals surface area contributed by atoms with E-state index < -0.39 is 0 Å². The van der Waals surface area contributed by atoms with Gasteiger partial charge in [0.05, 0.1) is 11.0 Å². The molecule has 1 aliphatic rings. The Bertz CT molecular complexity index is 527. The van der Waals surface area contributed by atoms with Gasteiger partial charge < -0.3 is 15.5 Å². The van der Waals surface area contributed by atoms with Gasteiger partial charge in [0.25, 0.3) is 0 Å². The molecular formula is C13H24N6O2. The standard InChI is InChI=1S/C13H24N6O2/c1-9(2)11-12(19(20)21)13(17(4)15-11)18-6-5-16(3)8-10(18)7-14/h9-10H,5-8,14H2,1-4H3. The van der Waals surface area contributed by atoms with Crippen molar-refractivity contribution in [2.45, 2.75) is 25.8 Å². The van der Waals surface area contributed by atoms with Gasteiger partial charge in [-0.2, -0.15) is 5.10 Å². The second-order valence-corrected chi connectivity index (χ2v) is 5.94. The summed E-state index contributed by atoms with van der Waals surface area (Å²) < 4.78 is 1.63. The van der Waals surface area contributed by atoms with Gasteiger partial charge in [-0.15, -0.1) is 0 Å². The molecule has 2 N–H and O–H groups in total. The monoisotopic (exact) mass is 296 g/mol. The first-order chi connectivity index (χ1) is 9.86. The lowest BCUT2D eigenvalue weighted by Gasteiger charge is -2.40. The van der Waals surface area contributed by atoms with E-state index in [1.807, 2.05) is 25.8 Å². The third kappa shape index (κ3) is 2.86. The number of hydrogen-bond acceptors (Lipinski definition) is 6. The maximum absolute atomic E-state index is 11.5. The van der Waals surface area contributed by atoms with Crippen molar-refractivity contribution in [2.75, 3.05) is 38.1 Å². The molecule has 0 saturated carbocycles. The second kappa shape index (κ2) is 5.98. The van der Waals surface area contributed by atoms with Crippen LogP contribution in [0.4, 0.5) is 11.5 Å².